The van der Waals surface area contributed by atoms with E-state index < -0.39 is 5.91 Å². The number of anilines is 4. The van der Waals surface area contributed by atoms with Crippen molar-refractivity contribution in [3.63, 3.8) is 0 Å². The molecule has 1 aliphatic carbocycles. The molecule has 1 saturated heterocycles. The minimum Gasteiger partial charge on any atom is -0.489 e. The van der Waals surface area contributed by atoms with Gasteiger partial charge in [0.2, 0.25) is 5.95 Å². The van der Waals surface area contributed by atoms with Crippen LogP contribution in [-0.4, -0.2) is 61.0 Å². The lowest BCUT2D eigenvalue weighted by molar-refractivity contribution is -0.0298. The van der Waals surface area contributed by atoms with Crippen molar-refractivity contribution in [1.29, 1.82) is 0 Å². The Balaban J connectivity index is 1.21. The fraction of sp³-hybridized carbons (Fsp3) is 0.522. The number of carbonyl (C=O) groups is 1. The van der Waals surface area contributed by atoms with Gasteiger partial charge in [0.1, 0.15) is 24.3 Å². The lowest BCUT2D eigenvalue weighted by atomic mass is 10.0. The third kappa shape index (κ3) is 5.63. The van der Waals surface area contributed by atoms with E-state index in [2.05, 4.69) is 25.9 Å². The SMILES string of the molecule is NC(=O)c1cnc(Nc2ccc3c(c2)NC[C@H](OCC2CCCOC2)CO3)nc1NC1CC1. The van der Waals surface area contributed by atoms with Crippen LogP contribution in [0.5, 0.6) is 5.75 Å². The normalized spacial score (nSPS) is 22.3. The van der Waals surface area contributed by atoms with Crippen molar-refractivity contribution in [3.05, 3.63) is 30.0 Å². The second-order valence-electron chi connectivity index (χ2n) is 8.81. The number of hydrogen-bond donors (Lipinski definition) is 4. The van der Waals surface area contributed by atoms with Gasteiger partial charge in [-0.3, -0.25) is 4.79 Å². The van der Waals surface area contributed by atoms with Crippen molar-refractivity contribution in [2.45, 2.75) is 37.8 Å². The van der Waals surface area contributed by atoms with Crippen molar-refractivity contribution in [2.75, 3.05) is 48.9 Å². The van der Waals surface area contributed by atoms with Crippen LogP contribution >= 0.6 is 0 Å². The topological polar surface area (TPSA) is 133 Å². The molecule has 5 N–H and O–H groups in total. The lowest BCUT2D eigenvalue weighted by Gasteiger charge is -2.24. The molecule has 3 heterocycles. The summed E-state index contributed by atoms with van der Waals surface area (Å²) in [6.45, 7) is 3.47. The number of hydrogen-bond acceptors (Lipinski definition) is 9. The van der Waals surface area contributed by atoms with Gasteiger partial charge in [0.05, 0.1) is 24.5 Å². The highest BCUT2D eigenvalue weighted by Crippen LogP contribution is 2.32. The molecule has 2 aliphatic heterocycles. The first kappa shape index (κ1) is 21.7. The summed E-state index contributed by atoms with van der Waals surface area (Å²) >= 11 is 0. The molecule has 33 heavy (non-hydrogen) atoms. The highest BCUT2D eigenvalue weighted by atomic mass is 16.5. The summed E-state index contributed by atoms with van der Waals surface area (Å²) in [6, 6.07) is 6.09. The number of benzene rings is 1. The molecule has 5 rings (SSSR count). The van der Waals surface area contributed by atoms with Gasteiger partial charge in [0.15, 0.2) is 0 Å². The largest absolute Gasteiger partial charge is 0.489 e. The summed E-state index contributed by atoms with van der Waals surface area (Å²) in [5, 5.41) is 9.87. The number of nitrogens with two attached hydrogens (primary N) is 1. The zero-order valence-corrected chi connectivity index (χ0v) is 18.5. The van der Waals surface area contributed by atoms with Crippen LogP contribution in [0, 0.1) is 5.92 Å². The van der Waals surface area contributed by atoms with Crippen LogP contribution in [0.1, 0.15) is 36.0 Å². The number of nitrogens with one attached hydrogen (secondary N) is 3. The molecular formula is C23H30N6O4. The Kier molecular flexibility index (Phi) is 6.45. The number of amides is 1. The molecule has 1 amide bonds. The number of primary amides is 1. The summed E-state index contributed by atoms with van der Waals surface area (Å²) in [6.07, 6.45) is 5.78. The second-order valence-corrected chi connectivity index (χ2v) is 8.81. The maximum Gasteiger partial charge on any atom is 0.254 e. The molecule has 2 fully saturated rings. The van der Waals surface area contributed by atoms with E-state index in [9.17, 15) is 4.79 Å². The second kappa shape index (κ2) is 9.80. The monoisotopic (exact) mass is 454 g/mol. The zero-order valence-electron chi connectivity index (χ0n) is 18.5. The fourth-order valence-corrected chi connectivity index (χ4v) is 3.94. The molecule has 0 bridgehead atoms. The van der Waals surface area contributed by atoms with Crippen molar-refractivity contribution in [1.82, 2.24) is 9.97 Å². The van der Waals surface area contributed by atoms with E-state index in [1.54, 1.807) is 0 Å². The number of fused-ring (bicyclic) bond motifs is 1. The van der Waals surface area contributed by atoms with Crippen LogP contribution in [0.4, 0.5) is 23.1 Å². The Morgan fingerprint density at radius 2 is 2.18 bits per heavy atom. The van der Waals surface area contributed by atoms with E-state index >= 15 is 0 Å². The third-order valence-corrected chi connectivity index (χ3v) is 5.98. The van der Waals surface area contributed by atoms with E-state index in [4.69, 9.17) is 19.9 Å². The number of nitrogens with zero attached hydrogens (tertiary/aromatic N) is 2. The smallest absolute Gasteiger partial charge is 0.254 e. The first-order valence-electron chi connectivity index (χ1n) is 11.5. The standard InChI is InChI=1S/C23H30N6O4/c24-21(30)18-10-26-23(29-22(18)27-15-3-4-15)28-16-5-6-20-19(8-16)25-9-17(13-33-20)32-12-14-2-1-7-31-11-14/h5-6,8,10,14-15,17,25H,1-4,7,9,11-13H2,(H2,24,30)(H2,26,27,28,29)/t14?,17-/m0/s1. The molecule has 0 radical (unpaired) electrons. The minimum atomic E-state index is -0.552. The maximum atomic E-state index is 11.7. The minimum absolute atomic E-state index is 0.0310. The zero-order chi connectivity index (χ0) is 22.6. The average Bonchev–Trinajstić information content (AvgIpc) is 3.65. The third-order valence-electron chi connectivity index (χ3n) is 5.98. The van der Waals surface area contributed by atoms with E-state index in [-0.39, 0.29) is 11.7 Å². The van der Waals surface area contributed by atoms with Crippen molar-refractivity contribution >= 4 is 29.0 Å². The van der Waals surface area contributed by atoms with Crippen LogP contribution in [0.15, 0.2) is 24.4 Å². The molecule has 1 saturated carbocycles. The van der Waals surface area contributed by atoms with E-state index in [1.165, 1.54) is 6.20 Å². The fourth-order valence-electron chi connectivity index (χ4n) is 3.94. The van der Waals surface area contributed by atoms with E-state index in [1.807, 2.05) is 18.2 Å². The highest BCUT2D eigenvalue weighted by Gasteiger charge is 2.24. The molecule has 176 valence electrons. The number of ether oxygens (including phenoxy) is 3. The van der Waals surface area contributed by atoms with Gasteiger partial charge >= 0.3 is 0 Å². The quantitative estimate of drug-likeness (QED) is 0.475. The summed E-state index contributed by atoms with van der Waals surface area (Å²) in [5.74, 6) is 1.52. The molecule has 2 aromatic rings. The molecule has 0 spiro atoms. The Bertz CT molecular complexity index is 993. The number of aromatic nitrogens is 2. The van der Waals surface area contributed by atoms with Gasteiger partial charge in [-0.1, -0.05) is 0 Å². The van der Waals surface area contributed by atoms with E-state index in [0.29, 0.717) is 43.5 Å². The van der Waals surface area contributed by atoms with Crippen molar-refractivity contribution in [2.24, 2.45) is 11.7 Å². The van der Waals surface area contributed by atoms with Crippen LogP contribution in [0.2, 0.25) is 0 Å². The Hall–Kier alpha value is -3.11. The molecule has 1 aromatic heterocycles. The summed E-state index contributed by atoms with van der Waals surface area (Å²) in [7, 11) is 0. The van der Waals surface area contributed by atoms with Crippen LogP contribution in [0.3, 0.4) is 0 Å². The number of carbonyl (C=O) groups excluding carboxylic acids is 1. The van der Waals surface area contributed by atoms with E-state index in [0.717, 1.165) is 56.0 Å². The van der Waals surface area contributed by atoms with Crippen molar-refractivity contribution < 1.29 is 19.0 Å². The van der Waals surface area contributed by atoms with Gasteiger partial charge in [-0.05, 0) is 43.9 Å². The van der Waals surface area contributed by atoms with Gasteiger partial charge < -0.3 is 35.9 Å². The molecule has 2 atom stereocenters. The predicted molar refractivity (Wildman–Crippen MR) is 124 cm³/mol. The highest BCUT2D eigenvalue weighted by molar-refractivity contribution is 5.97. The van der Waals surface area contributed by atoms with Gasteiger partial charge in [0, 0.05) is 37.0 Å². The molecular weight excluding hydrogens is 424 g/mol. The summed E-state index contributed by atoms with van der Waals surface area (Å²) in [4.78, 5) is 20.4. The molecule has 10 heteroatoms. The number of rotatable bonds is 8. The first-order valence-corrected chi connectivity index (χ1v) is 11.5. The molecule has 3 aliphatic rings. The van der Waals surface area contributed by atoms with Gasteiger partial charge in [-0.25, -0.2) is 4.98 Å². The Labute approximate surface area is 192 Å². The first-order chi connectivity index (χ1) is 16.1. The lowest BCUT2D eigenvalue weighted by Crippen LogP contribution is -2.31. The summed E-state index contributed by atoms with van der Waals surface area (Å²) < 4.78 is 17.6. The molecule has 1 unspecified atom stereocenters. The molecule has 1 aromatic carbocycles. The maximum absolute atomic E-state index is 11.7. The van der Waals surface area contributed by atoms with Gasteiger partial charge in [0.25, 0.3) is 5.91 Å². The molecule has 10 nitrogen and oxygen atoms in total. The van der Waals surface area contributed by atoms with Crippen LogP contribution in [0.25, 0.3) is 0 Å². The summed E-state index contributed by atoms with van der Waals surface area (Å²) in [5.41, 5.74) is 7.42. The Morgan fingerprint density at radius 3 is 2.97 bits per heavy atom. The Morgan fingerprint density at radius 1 is 1.27 bits per heavy atom. The average molecular weight is 455 g/mol. The van der Waals surface area contributed by atoms with Crippen LogP contribution in [-0.2, 0) is 9.47 Å². The predicted octanol–water partition coefficient (Wildman–Crippen LogP) is 2.51. The van der Waals surface area contributed by atoms with Gasteiger partial charge in [-0.2, -0.15) is 4.98 Å². The van der Waals surface area contributed by atoms with Crippen molar-refractivity contribution in [3.8, 4) is 5.75 Å². The van der Waals surface area contributed by atoms with Gasteiger partial charge in [-0.15, -0.1) is 0 Å². The van der Waals surface area contributed by atoms with Crippen LogP contribution < -0.4 is 26.4 Å².